The van der Waals surface area contributed by atoms with Crippen molar-refractivity contribution in [1.82, 2.24) is 5.32 Å². The third kappa shape index (κ3) is 1.66. The van der Waals surface area contributed by atoms with Crippen LogP contribution < -0.4 is 5.32 Å². The Morgan fingerprint density at radius 3 is 2.79 bits per heavy atom. The SMILES string of the molecule is CC(C1CCCO1)C1CC(=O)NC1=O. The minimum atomic E-state index is -0.175. The van der Waals surface area contributed by atoms with Crippen molar-refractivity contribution < 1.29 is 14.3 Å². The molecule has 0 bridgehead atoms. The molecule has 78 valence electrons. The second-order valence-corrected chi connectivity index (χ2v) is 4.13. The fourth-order valence-corrected chi connectivity index (χ4v) is 2.27. The van der Waals surface area contributed by atoms with Gasteiger partial charge in [0.1, 0.15) is 0 Å². The summed E-state index contributed by atoms with van der Waals surface area (Å²) in [7, 11) is 0. The molecule has 0 saturated carbocycles. The van der Waals surface area contributed by atoms with Crippen molar-refractivity contribution in [3.63, 3.8) is 0 Å². The van der Waals surface area contributed by atoms with Crippen LogP contribution in [-0.4, -0.2) is 24.5 Å². The standard InChI is InChI=1S/C10H15NO3/c1-6(8-3-2-4-14-8)7-5-9(12)11-10(7)13/h6-8H,2-5H2,1H3,(H,11,12,13). The van der Waals surface area contributed by atoms with Gasteiger partial charge in [0, 0.05) is 13.0 Å². The van der Waals surface area contributed by atoms with E-state index in [4.69, 9.17) is 4.74 Å². The lowest BCUT2D eigenvalue weighted by atomic mass is 9.87. The molecule has 0 aliphatic carbocycles. The molecule has 1 N–H and O–H groups in total. The third-order valence-electron chi connectivity index (χ3n) is 3.19. The molecule has 0 aromatic rings. The van der Waals surface area contributed by atoms with Gasteiger partial charge in [0.05, 0.1) is 12.0 Å². The highest BCUT2D eigenvalue weighted by molar-refractivity contribution is 6.03. The van der Waals surface area contributed by atoms with Gasteiger partial charge in [0.15, 0.2) is 0 Å². The summed E-state index contributed by atoms with van der Waals surface area (Å²) < 4.78 is 5.52. The number of hydrogen-bond acceptors (Lipinski definition) is 3. The maximum absolute atomic E-state index is 11.4. The van der Waals surface area contributed by atoms with Gasteiger partial charge in [-0.1, -0.05) is 6.92 Å². The van der Waals surface area contributed by atoms with E-state index >= 15 is 0 Å². The van der Waals surface area contributed by atoms with E-state index in [-0.39, 0.29) is 29.8 Å². The van der Waals surface area contributed by atoms with Crippen LogP contribution in [0.4, 0.5) is 0 Å². The lowest BCUT2D eigenvalue weighted by molar-refractivity contribution is -0.127. The zero-order chi connectivity index (χ0) is 10.1. The van der Waals surface area contributed by atoms with Crippen molar-refractivity contribution in [2.45, 2.75) is 32.3 Å². The van der Waals surface area contributed by atoms with Crippen LogP contribution in [-0.2, 0) is 14.3 Å². The number of ether oxygens (including phenoxy) is 1. The highest BCUT2D eigenvalue weighted by Crippen LogP contribution is 2.30. The first-order valence-electron chi connectivity index (χ1n) is 5.14. The number of hydrogen-bond donors (Lipinski definition) is 1. The fraction of sp³-hybridized carbons (Fsp3) is 0.800. The summed E-state index contributed by atoms with van der Waals surface area (Å²) in [4.78, 5) is 22.4. The van der Waals surface area contributed by atoms with Crippen molar-refractivity contribution in [3.8, 4) is 0 Å². The summed E-state index contributed by atoms with van der Waals surface area (Å²) in [6, 6.07) is 0. The topological polar surface area (TPSA) is 55.4 Å². The zero-order valence-electron chi connectivity index (χ0n) is 8.29. The predicted octanol–water partition coefficient (Wildman–Crippen LogP) is 0.464. The number of carbonyl (C=O) groups excluding carboxylic acids is 2. The summed E-state index contributed by atoms with van der Waals surface area (Å²) >= 11 is 0. The molecule has 2 aliphatic heterocycles. The number of rotatable bonds is 2. The molecule has 3 unspecified atom stereocenters. The van der Waals surface area contributed by atoms with Crippen molar-refractivity contribution >= 4 is 11.8 Å². The molecule has 0 spiro atoms. The Labute approximate surface area is 83.0 Å². The lowest BCUT2D eigenvalue weighted by Crippen LogP contribution is -2.30. The molecule has 3 atom stereocenters. The minimum absolute atomic E-state index is 0.127. The largest absolute Gasteiger partial charge is 0.378 e. The maximum Gasteiger partial charge on any atom is 0.230 e. The summed E-state index contributed by atoms with van der Waals surface area (Å²) in [6.45, 7) is 2.79. The quantitative estimate of drug-likeness (QED) is 0.654. The molecular formula is C10H15NO3. The van der Waals surface area contributed by atoms with Crippen LogP contribution in [0, 0.1) is 11.8 Å². The van der Waals surface area contributed by atoms with E-state index in [9.17, 15) is 9.59 Å². The molecule has 4 heteroatoms. The fourth-order valence-electron chi connectivity index (χ4n) is 2.27. The van der Waals surface area contributed by atoms with Crippen LogP contribution in [0.15, 0.2) is 0 Å². The Bertz CT molecular complexity index is 258. The smallest absolute Gasteiger partial charge is 0.230 e. The molecule has 0 radical (unpaired) electrons. The van der Waals surface area contributed by atoms with Gasteiger partial charge in [0.2, 0.25) is 11.8 Å². The van der Waals surface area contributed by atoms with E-state index in [1.165, 1.54) is 0 Å². The Balaban J connectivity index is 1.99. The normalized spacial score (nSPS) is 34.6. The third-order valence-corrected chi connectivity index (χ3v) is 3.19. The average molecular weight is 197 g/mol. The molecule has 2 saturated heterocycles. The van der Waals surface area contributed by atoms with E-state index < -0.39 is 0 Å². The van der Waals surface area contributed by atoms with Crippen LogP contribution in [0.25, 0.3) is 0 Å². The van der Waals surface area contributed by atoms with E-state index in [2.05, 4.69) is 5.32 Å². The summed E-state index contributed by atoms with van der Waals surface area (Å²) in [6.07, 6.45) is 2.58. The van der Waals surface area contributed by atoms with Crippen LogP contribution in [0.2, 0.25) is 0 Å². The first-order chi connectivity index (χ1) is 6.68. The number of amides is 2. The predicted molar refractivity (Wildman–Crippen MR) is 49.4 cm³/mol. The first-order valence-corrected chi connectivity index (χ1v) is 5.14. The Morgan fingerprint density at radius 1 is 1.50 bits per heavy atom. The zero-order valence-corrected chi connectivity index (χ0v) is 8.29. The Morgan fingerprint density at radius 2 is 2.29 bits per heavy atom. The molecule has 4 nitrogen and oxygen atoms in total. The Hall–Kier alpha value is -0.900. The average Bonchev–Trinajstić information content (AvgIpc) is 2.73. The van der Waals surface area contributed by atoms with Gasteiger partial charge < -0.3 is 4.74 Å². The van der Waals surface area contributed by atoms with E-state index in [0.717, 1.165) is 19.4 Å². The maximum atomic E-state index is 11.4. The van der Waals surface area contributed by atoms with Crippen molar-refractivity contribution in [1.29, 1.82) is 0 Å². The van der Waals surface area contributed by atoms with Gasteiger partial charge in [-0.15, -0.1) is 0 Å². The van der Waals surface area contributed by atoms with Crippen molar-refractivity contribution in [2.24, 2.45) is 11.8 Å². The van der Waals surface area contributed by atoms with Crippen LogP contribution in [0.3, 0.4) is 0 Å². The van der Waals surface area contributed by atoms with Gasteiger partial charge in [-0.25, -0.2) is 0 Å². The molecule has 0 aromatic carbocycles. The summed E-state index contributed by atoms with van der Waals surface area (Å²) in [5, 5.41) is 2.34. The molecule has 2 amide bonds. The molecule has 0 aromatic heterocycles. The van der Waals surface area contributed by atoms with Crippen LogP contribution in [0.5, 0.6) is 0 Å². The highest BCUT2D eigenvalue weighted by Gasteiger charge is 2.39. The monoisotopic (exact) mass is 197 g/mol. The highest BCUT2D eigenvalue weighted by atomic mass is 16.5. The van der Waals surface area contributed by atoms with E-state index in [0.29, 0.717) is 6.42 Å². The second-order valence-electron chi connectivity index (χ2n) is 4.13. The van der Waals surface area contributed by atoms with Crippen molar-refractivity contribution in [2.75, 3.05) is 6.61 Å². The van der Waals surface area contributed by atoms with E-state index in [1.54, 1.807) is 0 Å². The lowest BCUT2D eigenvalue weighted by Gasteiger charge is -2.21. The molecular weight excluding hydrogens is 182 g/mol. The molecule has 2 aliphatic rings. The molecule has 2 fully saturated rings. The second kappa shape index (κ2) is 3.69. The number of imide groups is 1. The van der Waals surface area contributed by atoms with Gasteiger partial charge in [-0.2, -0.15) is 0 Å². The van der Waals surface area contributed by atoms with Gasteiger partial charge in [-0.05, 0) is 18.8 Å². The number of nitrogens with one attached hydrogen (secondary N) is 1. The van der Waals surface area contributed by atoms with Gasteiger partial charge in [-0.3, -0.25) is 14.9 Å². The van der Waals surface area contributed by atoms with Crippen LogP contribution >= 0.6 is 0 Å². The first kappa shape index (κ1) is 9.65. The molecule has 2 heterocycles. The van der Waals surface area contributed by atoms with Crippen LogP contribution in [0.1, 0.15) is 26.2 Å². The molecule has 14 heavy (non-hydrogen) atoms. The van der Waals surface area contributed by atoms with E-state index in [1.807, 2.05) is 6.92 Å². The van der Waals surface area contributed by atoms with Gasteiger partial charge >= 0.3 is 0 Å². The van der Waals surface area contributed by atoms with Crippen molar-refractivity contribution in [3.05, 3.63) is 0 Å². The molecule has 2 rings (SSSR count). The summed E-state index contributed by atoms with van der Waals surface area (Å²) in [5.41, 5.74) is 0. The summed E-state index contributed by atoms with van der Waals surface area (Å²) in [5.74, 6) is -0.294. The number of carbonyl (C=O) groups is 2. The Kier molecular flexibility index (Phi) is 2.54. The minimum Gasteiger partial charge on any atom is -0.378 e. The van der Waals surface area contributed by atoms with Gasteiger partial charge in [0.25, 0.3) is 0 Å².